The second-order valence-electron chi connectivity index (χ2n) is 4.95. The molecule has 4 aromatic heterocycles. The second-order valence-corrected chi connectivity index (χ2v) is 5.80. The topological polar surface area (TPSA) is 111 Å². The number of pyridine rings is 1. The first-order valence-corrected chi connectivity index (χ1v) is 8.14. The molecular formula is C15H9FN8OS. The second kappa shape index (κ2) is 6.72. The highest BCUT2D eigenvalue weighted by atomic mass is 32.1. The minimum absolute atomic E-state index is 0.172. The summed E-state index contributed by atoms with van der Waals surface area (Å²) in [6.07, 6.45) is 7.12. The molecule has 0 aromatic carbocycles. The van der Waals surface area contributed by atoms with E-state index in [1.165, 1.54) is 59.1 Å². The average Bonchev–Trinajstić information content (AvgIpc) is 3.32. The summed E-state index contributed by atoms with van der Waals surface area (Å²) < 4.78 is 14.6. The summed E-state index contributed by atoms with van der Waals surface area (Å²) in [5.41, 5.74) is 1.02. The molecule has 4 aromatic rings. The lowest BCUT2D eigenvalue weighted by Crippen LogP contribution is -2.17. The number of hydrogen-bond donors (Lipinski definition) is 1. The van der Waals surface area contributed by atoms with Crippen LogP contribution in [0.4, 0.5) is 9.52 Å². The summed E-state index contributed by atoms with van der Waals surface area (Å²) in [5.74, 6) is -0.514. The molecule has 0 radical (unpaired) electrons. The van der Waals surface area contributed by atoms with Crippen LogP contribution in [0.5, 0.6) is 0 Å². The Kier molecular flexibility index (Phi) is 4.11. The van der Waals surface area contributed by atoms with Crippen LogP contribution < -0.4 is 5.32 Å². The van der Waals surface area contributed by atoms with Crippen molar-refractivity contribution >= 4 is 22.4 Å². The molecule has 0 atom stereocenters. The number of rotatable bonds is 4. The number of halogens is 1. The maximum absolute atomic E-state index is 13.3. The molecule has 26 heavy (non-hydrogen) atoms. The Balaban J connectivity index is 1.56. The number of hydrogen-bond acceptors (Lipinski definition) is 8. The monoisotopic (exact) mass is 368 g/mol. The summed E-state index contributed by atoms with van der Waals surface area (Å²) in [6.45, 7) is 0. The summed E-state index contributed by atoms with van der Waals surface area (Å²) in [6, 6.07) is 2.52. The van der Waals surface area contributed by atoms with Crippen molar-refractivity contribution in [3.63, 3.8) is 0 Å². The lowest BCUT2D eigenvalue weighted by atomic mass is 10.3. The van der Waals surface area contributed by atoms with Crippen LogP contribution in [0.1, 0.15) is 10.5 Å². The SMILES string of the molecule is O=C(Nc1nc(-c2cc(F)ccn2)cs1)c1cnnn1-c1cnccn1. The first-order chi connectivity index (χ1) is 12.7. The zero-order chi connectivity index (χ0) is 17.9. The van der Waals surface area contributed by atoms with Crippen molar-refractivity contribution in [1.29, 1.82) is 0 Å². The number of carbonyl (C=O) groups excluding carboxylic acids is 1. The number of nitrogens with zero attached hydrogens (tertiary/aromatic N) is 7. The highest BCUT2D eigenvalue weighted by Crippen LogP contribution is 2.24. The van der Waals surface area contributed by atoms with Crippen molar-refractivity contribution in [3.8, 4) is 17.2 Å². The van der Waals surface area contributed by atoms with Crippen molar-refractivity contribution in [1.82, 2.24) is 34.9 Å². The fourth-order valence-corrected chi connectivity index (χ4v) is 2.81. The van der Waals surface area contributed by atoms with Gasteiger partial charge in [-0.3, -0.25) is 20.1 Å². The maximum Gasteiger partial charge on any atom is 0.277 e. The molecule has 128 valence electrons. The molecule has 0 aliphatic carbocycles. The normalized spacial score (nSPS) is 10.7. The summed E-state index contributed by atoms with van der Waals surface area (Å²) in [7, 11) is 0. The molecule has 0 bridgehead atoms. The lowest BCUT2D eigenvalue weighted by Gasteiger charge is -2.04. The lowest BCUT2D eigenvalue weighted by molar-refractivity contribution is 0.101. The van der Waals surface area contributed by atoms with Crippen LogP contribution in [-0.2, 0) is 0 Å². The number of anilines is 1. The Morgan fingerprint density at radius 1 is 1.15 bits per heavy atom. The van der Waals surface area contributed by atoms with E-state index < -0.39 is 11.7 Å². The van der Waals surface area contributed by atoms with Crippen molar-refractivity contribution in [2.75, 3.05) is 5.32 Å². The Labute approximate surface area is 149 Å². The summed E-state index contributed by atoms with van der Waals surface area (Å²) >= 11 is 1.19. The van der Waals surface area contributed by atoms with E-state index in [1.54, 1.807) is 5.38 Å². The molecule has 0 aliphatic rings. The van der Waals surface area contributed by atoms with Crippen LogP contribution in [0, 0.1) is 5.82 Å². The highest BCUT2D eigenvalue weighted by Gasteiger charge is 2.17. The smallest absolute Gasteiger partial charge is 0.277 e. The van der Waals surface area contributed by atoms with E-state index >= 15 is 0 Å². The van der Waals surface area contributed by atoms with Gasteiger partial charge in [-0.1, -0.05) is 5.21 Å². The Hall–Kier alpha value is -3.60. The molecule has 0 saturated heterocycles. The van der Waals surface area contributed by atoms with Crippen molar-refractivity contribution in [2.45, 2.75) is 0 Å². The molecule has 0 unspecified atom stereocenters. The summed E-state index contributed by atoms with van der Waals surface area (Å²) in [4.78, 5) is 28.8. The zero-order valence-corrected chi connectivity index (χ0v) is 13.8. The first kappa shape index (κ1) is 15.9. The standard InChI is InChI=1S/C15H9FN8OS/c16-9-1-2-18-10(5-9)11-8-26-15(21-11)22-14(25)12-6-20-23-24(12)13-7-17-3-4-19-13/h1-8H,(H,21,22,25). The van der Waals surface area contributed by atoms with Gasteiger partial charge in [0.05, 0.1) is 18.1 Å². The zero-order valence-electron chi connectivity index (χ0n) is 12.9. The third kappa shape index (κ3) is 3.15. The molecule has 0 spiro atoms. The van der Waals surface area contributed by atoms with Gasteiger partial charge in [0.1, 0.15) is 11.5 Å². The van der Waals surface area contributed by atoms with Crippen LogP contribution >= 0.6 is 11.3 Å². The Bertz CT molecular complexity index is 1060. The van der Waals surface area contributed by atoms with Crippen LogP contribution in [0.15, 0.2) is 48.5 Å². The summed E-state index contributed by atoms with van der Waals surface area (Å²) in [5, 5.41) is 12.3. The number of aromatic nitrogens is 7. The van der Waals surface area contributed by atoms with E-state index in [9.17, 15) is 9.18 Å². The predicted molar refractivity (Wildman–Crippen MR) is 90.2 cm³/mol. The van der Waals surface area contributed by atoms with Gasteiger partial charge >= 0.3 is 0 Å². The van der Waals surface area contributed by atoms with Crippen LogP contribution in [0.3, 0.4) is 0 Å². The minimum Gasteiger partial charge on any atom is -0.296 e. The fourth-order valence-electron chi connectivity index (χ4n) is 2.11. The van der Waals surface area contributed by atoms with E-state index in [0.717, 1.165) is 0 Å². The number of thiazole rings is 1. The van der Waals surface area contributed by atoms with Gasteiger partial charge in [0, 0.05) is 30.0 Å². The van der Waals surface area contributed by atoms with Crippen LogP contribution in [0.2, 0.25) is 0 Å². The van der Waals surface area contributed by atoms with Crippen molar-refractivity contribution < 1.29 is 9.18 Å². The molecule has 1 N–H and O–H groups in total. The third-order valence-corrected chi connectivity index (χ3v) is 4.02. The minimum atomic E-state index is -0.464. The molecule has 4 rings (SSSR count). The van der Waals surface area contributed by atoms with E-state index in [4.69, 9.17) is 0 Å². The van der Waals surface area contributed by atoms with Gasteiger partial charge in [-0.05, 0) is 6.07 Å². The van der Waals surface area contributed by atoms with Crippen LogP contribution in [0.25, 0.3) is 17.2 Å². The van der Waals surface area contributed by atoms with Gasteiger partial charge in [0.25, 0.3) is 5.91 Å². The van der Waals surface area contributed by atoms with E-state index in [2.05, 4.69) is 35.6 Å². The van der Waals surface area contributed by atoms with Gasteiger partial charge in [-0.2, -0.15) is 4.68 Å². The largest absolute Gasteiger partial charge is 0.296 e. The number of amides is 1. The molecule has 0 aliphatic heterocycles. The van der Waals surface area contributed by atoms with E-state index in [-0.39, 0.29) is 5.69 Å². The fraction of sp³-hybridized carbons (Fsp3) is 0. The molecule has 1 amide bonds. The van der Waals surface area contributed by atoms with Crippen molar-refractivity contribution in [2.24, 2.45) is 0 Å². The maximum atomic E-state index is 13.3. The Morgan fingerprint density at radius 2 is 2.08 bits per heavy atom. The quantitative estimate of drug-likeness (QED) is 0.586. The molecule has 9 nitrogen and oxygen atoms in total. The first-order valence-electron chi connectivity index (χ1n) is 7.26. The number of carbonyl (C=O) groups is 1. The average molecular weight is 368 g/mol. The molecule has 0 fully saturated rings. The van der Waals surface area contributed by atoms with Crippen LogP contribution in [-0.4, -0.2) is 40.8 Å². The van der Waals surface area contributed by atoms with Gasteiger partial charge < -0.3 is 0 Å². The van der Waals surface area contributed by atoms with E-state index in [0.29, 0.717) is 22.3 Å². The third-order valence-electron chi connectivity index (χ3n) is 3.26. The molecular weight excluding hydrogens is 359 g/mol. The molecule has 4 heterocycles. The molecule has 11 heteroatoms. The predicted octanol–water partition coefficient (Wildman–Crippen LogP) is 1.97. The van der Waals surface area contributed by atoms with Gasteiger partial charge in [-0.25, -0.2) is 14.4 Å². The van der Waals surface area contributed by atoms with Gasteiger partial charge in [0.15, 0.2) is 16.6 Å². The molecule has 0 saturated carbocycles. The number of nitrogens with one attached hydrogen (secondary N) is 1. The van der Waals surface area contributed by atoms with E-state index in [1.807, 2.05) is 0 Å². The van der Waals surface area contributed by atoms with Crippen molar-refractivity contribution in [3.05, 3.63) is 60.0 Å². The Morgan fingerprint density at radius 3 is 2.88 bits per heavy atom. The highest BCUT2D eigenvalue weighted by molar-refractivity contribution is 7.14. The van der Waals surface area contributed by atoms with Gasteiger partial charge in [-0.15, -0.1) is 16.4 Å². The van der Waals surface area contributed by atoms with Gasteiger partial charge in [0.2, 0.25) is 0 Å².